The molecule has 0 aliphatic rings. The number of carbonyl (C=O) groups excluding carboxylic acids is 1. The van der Waals surface area contributed by atoms with Crippen LogP contribution in [0.25, 0.3) is 0 Å². The fourth-order valence-corrected chi connectivity index (χ4v) is 2.30. The van der Waals surface area contributed by atoms with Crippen molar-refractivity contribution in [3.63, 3.8) is 0 Å². The van der Waals surface area contributed by atoms with Gasteiger partial charge in [0.25, 0.3) is 0 Å². The fourth-order valence-electron chi connectivity index (χ4n) is 1.52. The zero-order valence-electron chi connectivity index (χ0n) is 10.4. The van der Waals surface area contributed by atoms with E-state index in [1.807, 2.05) is 6.92 Å². The molecule has 0 saturated carbocycles. The van der Waals surface area contributed by atoms with Crippen LogP contribution in [-0.4, -0.2) is 29.4 Å². The van der Waals surface area contributed by atoms with E-state index in [0.29, 0.717) is 17.7 Å². The molecule has 0 amide bonds. The molecule has 0 spiro atoms. The van der Waals surface area contributed by atoms with Gasteiger partial charge in [0.05, 0.1) is 18.6 Å². The number of rotatable bonds is 6. The van der Waals surface area contributed by atoms with Crippen LogP contribution in [0.15, 0.2) is 23.1 Å². The number of carboxylic acids is 1. The topological polar surface area (TPSA) is 63.6 Å². The van der Waals surface area contributed by atoms with Gasteiger partial charge in [0.2, 0.25) is 0 Å². The summed E-state index contributed by atoms with van der Waals surface area (Å²) in [5.41, 5.74) is 1.02. The van der Waals surface area contributed by atoms with Crippen LogP contribution in [-0.2, 0) is 16.0 Å². The zero-order chi connectivity index (χ0) is 13.5. The largest absolute Gasteiger partial charge is 0.481 e. The van der Waals surface area contributed by atoms with Crippen LogP contribution in [0.2, 0.25) is 0 Å². The number of hydrogen-bond donors (Lipinski definition) is 1. The molecule has 0 saturated heterocycles. The van der Waals surface area contributed by atoms with E-state index >= 15 is 0 Å². The van der Waals surface area contributed by atoms with E-state index in [2.05, 4.69) is 0 Å². The highest BCUT2D eigenvalue weighted by molar-refractivity contribution is 7.99. The molecule has 98 valence electrons. The summed E-state index contributed by atoms with van der Waals surface area (Å²) in [5.74, 6) is -0.468. The molecule has 0 radical (unpaired) electrons. The van der Waals surface area contributed by atoms with E-state index in [0.717, 1.165) is 10.6 Å². The van der Waals surface area contributed by atoms with Gasteiger partial charge in [0, 0.05) is 4.90 Å². The monoisotopic (exact) mass is 268 g/mol. The molecular weight excluding hydrogens is 252 g/mol. The molecule has 4 nitrogen and oxygen atoms in total. The number of ether oxygens (including phenoxy) is 1. The lowest BCUT2D eigenvalue weighted by Gasteiger charge is -2.07. The lowest BCUT2D eigenvalue weighted by Crippen LogP contribution is -2.07. The molecule has 0 aliphatic heterocycles. The smallest absolute Gasteiger partial charge is 0.338 e. The van der Waals surface area contributed by atoms with E-state index in [4.69, 9.17) is 9.84 Å². The SMILES string of the molecule is CCOC(=O)c1cc(CC(=O)O)cc(SCC)c1. The summed E-state index contributed by atoms with van der Waals surface area (Å²) in [6.07, 6.45) is -0.0927. The van der Waals surface area contributed by atoms with E-state index in [1.54, 1.807) is 36.9 Å². The lowest BCUT2D eigenvalue weighted by molar-refractivity contribution is -0.136. The second-order valence-electron chi connectivity index (χ2n) is 3.59. The van der Waals surface area contributed by atoms with Crippen LogP contribution in [0, 0.1) is 0 Å². The van der Waals surface area contributed by atoms with Gasteiger partial charge in [-0.15, -0.1) is 11.8 Å². The molecule has 5 heteroatoms. The van der Waals surface area contributed by atoms with Crippen molar-refractivity contribution in [3.05, 3.63) is 29.3 Å². The summed E-state index contributed by atoms with van der Waals surface area (Å²) >= 11 is 1.57. The van der Waals surface area contributed by atoms with Gasteiger partial charge in [0.15, 0.2) is 0 Å². The van der Waals surface area contributed by atoms with Crippen LogP contribution in [0.3, 0.4) is 0 Å². The summed E-state index contributed by atoms with van der Waals surface area (Å²) < 4.78 is 4.93. The Hall–Kier alpha value is -1.49. The minimum atomic E-state index is -0.913. The second-order valence-corrected chi connectivity index (χ2v) is 4.93. The fraction of sp³-hybridized carbons (Fsp3) is 0.385. The molecule has 0 bridgehead atoms. The van der Waals surface area contributed by atoms with Gasteiger partial charge in [-0.1, -0.05) is 6.92 Å². The predicted octanol–water partition coefficient (Wildman–Crippen LogP) is 2.60. The molecule has 1 aromatic carbocycles. The van der Waals surface area contributed by atoms with Crippen molar-refractivity contribution in [1.82, 2.24) is 0 Å². The first-order chi connectivity index (χ1) is 8.56. The van der Waals surface area contributed by atoms with E-state index in [9.17, 15) is 9.59 Å². The van der Waals surface area contributed by atoms with Crippen LogP contribution in [0.4, 0.5) is 0 Å². The highest BCUT2D eigenvalue weighted by atomic mass is 32.2. The quantitative estimate of drug-likeness (QED) is 0.634. The minimum Gasteiger partial charge on any atom is -0.481 e. The molecule has 1 rings (SSSR count). The van der Waals surface area contributed by atoms with Crippen LogP contribution >= 0.6 is 11.8 Å². The number of carbonyl (C=O) groups is 2. The average molecular weight is 268 g/mol. The standard InChI is InChI=1S/C13H16O4S/c1-3-17-13(16)10-5-9(7-12(14)15)6-11(8-10)18-4-2/h5-6,8H,3-4,7H2,1-2H3,(H,14,15). The maximum absolute atomic E-state index is 11.7. The average Bonchev–Trinajstić information content (AvgIpc) is 2.28. The Morgan fingerprint density at radius 3 is 2.56 bits per heavy atom. The summed E-state index contributed by atoms with van der Waals surface area (Å²) in [6, 6.07) is 5.11. The Bertz CT molecular complexity index is 443. The lowest BCUT2D eigenvalue weighted by atomic mass is 10.1. The highest BCUT2D eigenvalue weighted by Crippen LogP contribution is 2.22. The number of aliphatic carboxylic acids is 1. The van der Waals surface area contributed by atoms with Crippen molar-refractivity contribution >= 4 is 23.7 Å². The predicted molar refractivity (Wildman–Crippen MR) is 70.1 cm³/mol. The number of benzene rings is 1. The summed E-state index contributed by atoms with van der Waals surface area (Å²) in [5, 5.41) is 8.80. The van der Waals surface area contributed by atoms with Gasteiger partial charge < -0.3 is 9.84 Å². The van der Waals surface area contributed by atoms with Gasteiger partial charge in [-0.05, 0) is 36.4 Å². The molecule has 0 aromatic heterocycles. The first-order valence-corrected chi connectivity index (χ1v) is 6.71. The summed E-state index contributed by atoms with van der Waals surface area (Å²) in [4.78, 5) is 23.3. The van der Waals surface area contributed by atoms with Crippen LogP contribution in [0.5, 0.6) is 0 Å². The van der Waals surface area contributed by atoms with Crippen molar-refractivity contribution in [2.75, 3.05) is 12.4 Å². The highest BCUT2D eigenvalue weighted by Gasteiger charge is 2.11. The zero-order valence-corrected chi connectivity index (χ0v) is 11.3. The van der Waals surface area contributed by atoms with E-state index < -0.39 is 11.9 Å². The third-order valence-corrected chi connectivity index (χ3v) is 3.00. The van der Waals surface area contributed by atoms with Gasteiger partial charge >= 0.3 is 11.9 Å². The minimum absolute atomic E-state index is 0.0927. The molecule has 0 atom stereocenters. The molecule has 1 N–H and O–H groups in total. The second kappa shape index (κ2) is 7.06. The van der Waals surface area contributed by atoms with Gasteiger partial charge in [-0.3, -0.25) is 4.79 Å². The maximum atomic E-state index is 11.7. The Labute approximate surface area is 110 Å². The first kappa shape index (κ1) is 14.6. The molecule has 1 aromatic rings. The van der Waals surface area contributed by atoms with Crippen molar-refractivity contribution in [2.24, 2.45) is 0 Å². The van der Waals surface area contributed by atoms with Gasteiger partial charge in [0.1, 0.15) is 0 Å². The molecular formula is C13H16O4S. The normalized spacial score (nSPS) is 10.1. The van der Waals surface area contributed by atoms with Crippen LogP contribution in [0.1, 0.15) is 29.8 Å². The van der Waals surface area contributed by atoms with Crippen LogP contribution < -0.4 is 0 Å². The number of carboxylic acid groups (broad SMARTS) is 1. The van der Waals surface area contributed by atoms with Crippen molar-refractivity contribution in [1.29, 1.82) is 0 Å². The van der Waals surface area contributed by atoms with E-state index in [-0.39, 0.29) is 6.42 Å². The Morgan fingerprint density at radius 2 is 2.00 bits per heavy atom. The Balaban J connectivity index is 3.04. The Kier molecular flexibility index (Phi) is 5.71. The number of esters is 1. The molecule has 0 heterocycles. The Morgan fingerprint density at radius 1 is 1.28 bits per heavy atom. The maximum Gasteiger partial charge on any atom is 0.338 e. The first-order valence-electron chi connectivity index (χ1n) is 5.72. The summed E-state index contributed by atoms with van der Waals surface area (Å²) in [6.45, 7) is 4.04. The molecule has 0 unspecified atom stereocenters. The molecule has 18 heavy (non-hydrogen) atoms. The van der Waals surface area contributed by atoms with Crippen molar-refractivity contribution in [2.45, 2.75) is 25.2 Å². The van der Waals surface area contributed by atoms with Crippen molar-refractivity contribution in [3.8, 4) is 0 Å². The molecule has 0 aliphatic carbocycles. The summed E-state index contributed by atoms with van der Waals surface area (Å²) in [7, 11) is 0. The number of hydrogen-bond acceptors (Lipinski definition) is 4. The van der Waals surface area contributed by atoms with Gasteiger partial charge in [-0.2, -0.15) is 0 Å². The number of thioether (sulfide) groups is 1. The van der Waals surface area contributed by atoms with E-state index in [1.165, 1.54) is 0 Å². The van der Waals surface area contributed by atoms with Gasteiger partial charge in [-0.25, -0.2) is 4.79 Å². The molecule has 0 fully saturated rings. The van der Waals surface area contributed by atoms with Crippen molar-refractivity contribution < 1.29 is 19.4 Å². The third-order valence-electron chi connectivity index (χ3n) is 2.14. The third kappa shape index (κ3) is 4.41.